The zero-order valence-electron chi connectivity index (χ0n) is 8.96. The summed E-state index contributed by atoms with van der Waals surface area (Å²) in [6, 6.07) is 6.48. The van der Waals surface area contributed by atoms with Gasteiger partial charge in [-0.05, 0) is 31.2 Å². The molecule has 0 fully saturated rings. The van der Waals surface area contributed by atoms with Gasteiger partial charge in [-0.25, -0.2) is 0 Å². The number of hydrogen-bond acceptors (Lipinski definition) is 2. The second kappa shape index (κ2) is 4.82. The van der Waals surface area contributed by atoms with Gasteiger partial charge in [0.1, 0.15) is 5.76 Å². The number of halogens is 2. The zero-order chi connectivity index (χ0) is 12.4. The molecule has 5 heteroatoms. The van der Waals surface area contributed by atoms with E-state index in [4.69, 9.17) is 27.6 Å². The van der Waals surface area contributed by atoms with E-state index in [1.54, 1.807) is 31.2 Å². The SMILES string of the molecule is Cc1occc1C(=O)Nc1ccc(Cl)cc1Cl. The molecule has 0 aliphatic rings. The minimum Gasteiger partial charge on any atom is -0.469 e. The Morgan fingerprint density at radius 2 is 2.06 bits per heavy atom. The van der Waals surface area contributed by atoms with Crippen molar-refractivity contribution in [1.29, 1.82) is 0 Å². The number of aryl methyl sites for hydroxylation is 1. The lowest BCUT2D eigenvalue weighted by Gasteiger charge is -2.06. The van der Waals surface area contributed by atoms with E-state index in [2.05, 4.69) is 5.32 Å². The van der Waals surface area contributed by atoms with Crippen molar-refractivity contribution in [1.82, 2.24) is 0 Å². The van der Waals surface area contributed by atoms with Gasteiger partial charge in [-0.1, -0.05) is 23.2 Å². The molecule has 0 bridgehead atoms. The number of amides is 1. The average Bonchev–Trinajstić information content (AvgIpc) is 2.68. The molecule has 1 amide bonds. The molecule has 1 aromatic carbocycles. The Morgan fingerprint density at radius 3 is 2.65 bits per heavy atom. The van der Waals surface area contributed by atoms with Crippen molar-refractivity contribution in [3.63, 3.8) is 0 Å². The molecule has 1 N–H and O–H groups in total. The fourth-order valence-corrected chi connectivity index (χ4v) is 1.86. The van der Waals surface area contributed by atoms with Crippen LogP contribution in [-0.4, -0.2) is 5.91 Å². The number of benzene rings is 1. The van der Waals surface area contributed by atoms with Gasteiger partial charge in [0.2, 0.25) is 0 Å². The molecule has 3 nitrogen and oxygen atoms in total. The monoisotopic (exact) mass is 269 g/mol. The van der Waals surface area contributed by atoms with Gasteiger partial charge >= 0.3 is 0 Å². The minimum atomic E-state index is -0.263. The third kappa shape index (κ3) is 2.62. The topological polar surface area (TPSA) is 42.2 Å². The molecule has 0 spiro atoms. The van der Waals surface area contributed by atoms with E-state index in [0.29, 0.717) is 27.1 Å². The first kappa shape index (κ1) is 12.0. The molecule has 0 aliphatic carbocycles. The average molecular weight is 270 g/mol. The molecule has 2 rings (SSSR count). The molecule has 1 aromatic heterocycles. The molecule has 0 saturated heterocycles. The largest absolute Gasteiger partial charge is 0.469 e. The van der Waals surface area contributed by atoms with Gasteiger partial charge in [0.05, 0.1) is 22.5 Å². The highest BCUT2D eigenvalue weighted by molar-refractivity contribution is 6.36. The van der Waals surface area contributed by atoms with Crippen LogP contribution in [0.4, 0.5) is 5.69 Å². The first-order valence-corrected chi connectivity index (χ1v) is 5.64. The summed E-state index contributed by atoms with van der Waals surface area (Å²) in [7, 11) is 0. The summed E-state index contributed by atoms with van der Waals surface area (Å²) in [5.74, 6) is 0.299. The van der Waals surface area contributed by atoms with Gasteiger partial charge in [-0.2, -0.15) is 0 Å². The maximum absolute atomic E-state index is 11.9. The van der Waals surface area contributed by atoms with Crippen molar-refractivity contribution < 1.29 is 9.21 Å². The van der Waals surface area contributed by atoms with Gasteiger partial charge in [0.25, 0.3) is 5.91 Å². The molecule has 0 unspecified atom stereocenters. The van der Waals surface area contributed by atoms with E-state index >= 15 is 0 Å². The number of carbonyl (C=O) groups excluding carboxylic acids is 1. The summed E-state index contributed by atoms with van der Waals surface area (Å²) < 4.78 is 5.06. The summed E-state index contributed by atoms with van der Waals surface area (Å²) in [4.78, 5) is 11.9. The molecular weight excluding hydrogens is 261 g/mol. The van der Waals surface area contributed by atoms with Gasteiger partial charge in [0, 0.05) is 5.02 Å². The second-order valence-electron chi connectivity index (χ2n) is 3.47. The lowest BCUT2D eigenvalue weighted by Crippen LogP contribution is -2.12. The van der Waals surface area contributed by atoms with E-state index in [9.17, 15) is 4.79 Å². The summed E-state index contributed by atoms with van der Waals surface area (Å²) in [5, 5.41) is 3.61. The van der Waals surface area contributed by atoms with Crippen molar-refractivity contribution in [3.05, 3.63) is 51.9 Å². The normalized spacial score (nSPS) is 10.3. The van der Waals surface area contributed by atoms with E-state index in [1.165, 1.54) is 6.26 Å². The number of hydrogen-bond donors (Lipinski definition) is 1. The predicted octanol–water partition coefficient (Wildman–Crippen LogP) is 4.15. The molecule has 0 aliphatic heterocycles. The number of anilines is 1. The summed E-state index contributed by atoms with van der Waals surface area (Å²) >= 11 is 11.7. The van der Waals surface area contributed by atoms with Crippen LogP contribution in [0.3, 0.4) is 0 Å². The van der Waals surface area contributed by atoms with Crippen LogP contribution >= 0.6 is 23.2 Å². The predicted molar refractivity (Wildman–Crippen MR) is 67.9 cm³/mol. The van der Waals surface area contributed by atoms with E-state index < -0.39 is 0 Å². The molecule has 0 saturated carbocycles. The zero-order valence-corrected chi connectivity index (χ0v) is 10.5. The molecule has 17 heavy (non-hydrogen) atoms. The molecule has 0 atom stereocenters. The second-order valence-corrected chi connectivity index (χ2v) is 4.31. The van der Waals surface area contributed by atoms with Crippen LogP contribution in [0.2, 0.25) is 10.0 Å². The van der Waals surface area contributed by atoms with Crippen LogP contribution in [0.1, 0.15) is 16.1 Å². The van der Waals surface area contributed by atoms with Crippen molar-refractivity contribution in [2.75, 3.05) is 5.32 Å². The standard InChI is InChI=1S/C12H9Cl2NO2/c1-7-9(4-5-17-7)12(16)15-11-3-2-8(13)6-10(11)14/h2-6H,1H3,(H,15,16). The van der Waals surface area contributed by atoms with Crippen molar-refractivity contribution >= 4 is 34.8 Å². The lowest BCUT2D eigenvalue weighted by molar-refractivity contribution is 0.102. The van der Waals surface area contributed by atoms with Crippen LogP contribution in [0.25, 0.3) is 0 Å². The first-order chi connectivity index (χ1) is 8.08. The van der Waals surface area contributed by atoms with E-state index in [1.807, 2.05) is 0 Å². The van der Waals surface area contributed by atoms with Gasteiger partial charge < -0.3 is 9.73 Å². The van der Waals surface area contributed by atoms with Crippen molar-refractivity contribution in [2.45, 2.75) is 6.92 Å². The number of rotatable bonds is 2. The highest BCUT2D eigenvalue weighted by Gasteiger charge is 2.12. The van der Waals surface area contributed by atoms with Gasteiger partial charge in [-0.3, -0.25) is 4.79 Å². The van der Waals surface area contributed by atoms with Crippen molar-refractivity contribution in [2.24, 2.45) is 0 Å². The highest BCUT2D eigenvalue weighted by atomic mass is 35.5. The van der Waals surface area contributed by atoms with Gasteiger partial charge in [-0.15, -0.1) is 0 Å². The number of carbonyl (C=O) groups is 1. The summed E-state index contributed by atoms with van der Waals surface area (Å²) in [5.41, 5.74) is 0.998. The Labute approximate surface area is 108 Å². The quantitative estimate of drug-likeness (QED) is 0.890. The van der Waals surface area contributed by atoms with Crippen LogP contribution in [0, 0.1) is 6.92 Å². The first-order valence-electron chi connectivity index (χ1n) is 4.88. The fraction of sp³-hybridized carbons (Fsp3) is 0.0833. The van der Waals surface area contributed by atoms with Gasteiger partial charge in [0.15, 0.2) is 0 Å². The van der Waals surface area contributed by atoms with Crippen LogP contribution in [0.15, 0.2) is 34.9 Å². The molecule has 2 aromatic rings. The minimum absolute atomic E-state index is 0.263. The van der Waals surface area contributed by atoms with Crippen LogP contribution < -0.4 is 5.32 Å². The molecule has 88 valence electrons. The maximum atomic E-state index is 11.9. The highest BCUT2D eigenvalue weighted by Crippen LogP contribution is 2.26. The summed E-state index contributed by atoms with van der Waals surface area (Å²) in [6.45, 7) is 1.72. The fourth-order valence-electron chi connectivity index (χ4n) is 1.40. The third-order valence-electron chi connectivity index (χ3n) is 2.28. The Bertz CT molecular complexity index is 563. The third-order valence-corrected chi connectivity index (χ3v) is 2.83. The van der Waals surface area contributed by atoms with Crippen molar-refractivity contribution in [3.8, 4) is 0 Å². The molecule has 0 radical (unpaired) electrons. The summed E-state index contributed by atoms with van der Waals surface area (Å²) in [6.07, 6.45) is 1.47. The molecule has 1 heterocycles. The van der Waals surface area contributed by atoms with E-state index in [-0.39, 0.29) is 5.91 Å². The number of furan rings is 1. The number of nitrogens with one attached hydrogen (secondary N) is 1. The Hall–Kier alpha value is -1.45. The smallest absolute Gasteiger partial charge is 0.259 e. The van der Waals surface area contributed by atoms with Crippen LogP contribution in [0.5, 0.6) is 0 Å². The molecular formula is C12H9Cl2NO2. The van der Waals surface area contributed by atoms with Crippen LogP contribution in [-0.2, 0) is 0 Å². The maximum Gasteiger partial charge on any atom is 0.259 e. The Balaban J connectivity index is 2.22. The Kier molecular flexibility index (Phi) is 3.41. The van der Waals surface area contributed by atoms with E-state index in [0.717, 1.165) is 0 Å². The lowest BCUT2D eigenvalue weighted by atomic mass is 10.2. The Morgan fingerprint density at radius 1 is 1.29 bits per heavy atom.